The SMILES string of the molecule is [C-]#[N+]c1cccc(C(=O)CC(C)=O)c1. The summed E-state index contributed by atoms with van der Waals surface area (Å²) in [4.78, 5) is 25.3. The fourth-order valence-electron chi connectivity index (χ4n) is 1.08. The third-order valence-electron chi connectivity index (χ3n) is 1.71. The average molecular weight is 187 g/mol. The highest BCUT2D eigenvalue weighted by Gasteiger charge is 2.08. The van der Waals surface area contributed by atoms with Crippen molar-refractivity contribution in [1.29, 1.82) is 0 Å². The summed E-state index contributed by atoms with van der Waals surface area (Å²) in [6, 6.07) is 6.37. The predicted molar refractivity (Wildman–Crippen MR) is 52.3 cm³/mol. The van der Waals surface area contributed by atoms with Crippen LogP contribution in [0, 0.1) is 6.57 Å². The number of carbonyl (C=O) groups is 2. The molecule has 0 aliphatic rings. The minimum atomic E-state index is -0.233. The van der Waals surface area contributed by atoms with Crippen molar-refractivity contribution in [2.75, 3.05) is 0 Å². The Hall–Kier alpha value is -1.95. The van der Waals surface area contributed by atoms with Crippen molar-refractivity contribution in [2.24, 2.45) is 0 Å². The summed E-state index contributed by atoms with van der Waals surface area (Å²) in [5.74, 6) is -0.397. The zero-order chi connectivity index (χ0) is 10.6. The molecule has 3 heteroatoms. The standard InChI is InChI=1S/C11H9NO2/c1-8(13)6-11(14)9-4-3-5-10(7-9)12-2/h3-5,7H,6H2,1H3. The molecule has 1 aromatic carbocycles. The van der Waals surface area contributed by atoms with E-state index in [2.05, 4.69) is 4.85 Å². The fraction of sp³-hybridized carbons (Fsp3) is 0.182. The first-order valence-corrected chi connectivity index (χ1v) is 4.13. The highest BCUT2D eigenvalue weighted by molar-refractivity contribution is 6.07. The van der Waals surface area contributed by atoms with Crippen LogP contribution in [0.5, 0.6) is 0 Å². The van der Waals surface area contributed by atoms with Gasteiger partial charge in [0.2, 0.25) is 0 Å². The van der Waals surface area contributed by atoms with Crippen molar-refractivity contribution >= 4 is 17.3 Å². The summed E-state index contributed by atoms with van der Waals surface area (Å²) in [7, 11) is 0. The van der Waals surface area contributed by atoms with Gasteiger partial charge in [-0.25, -0.2) is 4.85 Å². The van der Waals surface area contributed by atoms with Crippen LogP contribution in [0.25, 0.3) is 4.85 Å². The summed E-state index contributed by atoms with van der Waals surface area (Å²) < 4.78 is 0. The Balaban J connectivity index is 2.91. The molecule has 1 rings (SSSR count). The third-order valence-corrected chi connectivity index (χ3v) is 1.71. The molecule has 0 aromatic heterocycles. The number of hydrogen-bond donors (Lipinski definition) is 0. The summed E-state index contributed by atoms with van der Waals surface area (Å²) in [6.07, 6.45) is -0.0958. The molecule has 3 nitrogen and oxygen atoms in total. The van der Waals surface area contributed by atoms with Gasteiger partial charge in [-0.3, -0.25) is 9.59 Å². The normalized spacial score (nSPS) is 9.14. The molecule has 0 saturated heterocycles. The largest absolute Gasteiger partial charge is 0.300 e. The molecule has 70 valence electrons. The van der Waals surface area contributed by atoms with E-state index >= 15 is 0 Å². The van der Waals surface area contributed by atoms with Crippen LogP contribution in [0.3, 0.4) is 0 Å². The number of carbonyl (C=O) groups excluding carboxylic acids is 2. The van der Waals surface area contributed by atoms with Crippen molar-refractivity contribution in [3.63, 3.8) is 0 Å². The minimum absolute atomic E-state index is 0.0958. The smallest absolute Gasteiger partial charge is 0.187 e. The molecule has 0 spiro atoms. The second-order valence-electron chi connectivity index (χ2n) is 2.96. The van der Waals surface area contributed by atoms with Gasteiger partial charge < -0.3 is 0 Å². The van der Waals surface area contributed by atoms with Crippen LogP contribution in [-0.4, -0.2) is 11.6 Å². The number of hydrogen-bond acceptors (Lipinski definition) is 2. The zero-order valence-electron chi connectivity index (χ0n) is 7.78. The quantitative estimate of drug-likeness (QED) is 0.414. The molecule has 0 aliphatic carbocycles. The second kappa shape index (κ2) is 4.33. The van der Waals surface area contributed by atoms with E-state index in [9.17, 15) is 9.59 Å². The third kappa shape index (κ3) is 2.53. The van der Waals surface area contributed by atoms with Crippen molar-refractivity contribution in [2.45, 2.75) is 13.3 Å². The molecule has 0 atom stereocenters. The van der Waals surface area contributed by atoms with E-state index in [1.54, 1.807) is 18.2 Å². The topological polar surface area (TPSA) is 38.5 Å². The lowest BCUT2D eigenvalue weighted by atomic mass is 10.1. The van der Waals surface area contributed by atoms with Crippen LogP contribution in [0.1, 0.15) is 23.7 Å². The molecule has 14 heavy (non-hydrogen) atoms. The molecule has 0 bridgehead atoms. The Morgan fingerprint density at radius 1 is 1.43 bits per heavy atom. The van der Waals surface area contributed by atoms with Crippen molar-refractivity contribution < 1.29 is 9.59 Å². The first-order chi connectivity index (χ1) is 6.63. The average Bonchev–Trinajstić information content (AvgIpc) is 2.17. The van der Waals surface area contributed by atoms with E-state index in [1.165, 1.54) is 13.0 Å². The lowest BCUT2D eigenvalue weighted by molar-refractivity contribution is -0.116. The molecular formula is C11H9NO2. The summed E-state index contributed by atoms with van der Waals surface area (Å²) in [6.45, 7) is 8.14. The lowest BCUT2D eigenvalue weighted by Gasteiger charge is -1.98. The maximum atomic E-state index is 11.4. The lowest BCUT2D eigenvalue weighted by Crippen LogP contribution is -2.04. The van der Waals surface area contributed by atoms with Gasteiger partial charge >= 0.3 is 0 Å². The number of ketones is 2. The van der Waals surface area contributed by atoms with Gasteiger partial charge in [-0.05, 0) is 13.0 Å². The number of nitrogens with zero attached hydrogens (tertiary/aromatic N) is 1. The van der Waals surface area contributed by atoms with Crippen LogP contribution in [0.4, 0.5) is 5.69 Å². The van der Waals surface area contributed by atoms with Gasteiger partial charge in [-0.2, -0.15) is 0 Å². The highest BCUT2D eigenvalue weighted by atomic mass is 16.1. The van der Waals surface area contributed by atoms with Gasteiger partial charge in [0.1, 0.15) is 5.78 Å². The van der Waals surface area contributed by atoms with E-state index in [4.69, 9.17) is 6.57 Å². The van der Waals surface area contributed by atoms with Gasteiger partial charge in [0.25, 0.3) is 0 Å². The number of benzene rings is 1. The zero-order valence-corrected chi connectivity index (χ0v) is 7.78. The Morgan fingerprint density at radius 3 is 2.71 bits per heavy atom. The molecule has 0 N–H and O–H groups in total. The van der Waals surface area contributed by atoms with Crippen molar-refractivity contribution in [3.05, 3.63) is 41.2 Å². The van der Waals surface area contributed by atoms with Crippen LogP contribution < -0.4 is 0 Å². The molecular weight excluding hydrogens is 178 g/mol. The summed E-state index contributed by atoms with van der Waals surface area (Å²) in [5, 5.41) is 0. The van der Waals surface area contributed by atoms with Gasteiger partial charge in [-0.15, -0.1) is 0 Å². The molecule has 0 aliphatic heterocycles. The van der Waals surface area contributed by atoms with Gasteiger partial charge in [0, 0.05) is 5.56 Å². The van der Waals surface area contributed by atoms with E-state index < -0.39 is 0 Å². The number of rotatable bonds is 3. The maximum Gasteiger partial charge on any atom is 0.187 e. The first kappa shape index (κ1) is 10.1. The molecule has 0 unspecified atom stereocenters. The van der Waals surface area contributed by atoms with Gasteiger partial charge in [-0.1, -0.05) is 18.2 Å². The monoisotopic (exact) mass is 187 g/mol. The first-order valence-electron chi connectivity index (χ1n) is 4.13. The summed E-state index contributed by atoms with van der Waals surface area (Å²) in [5.41, 5.74) is 0.841. The molecule has 0 saturated carbocycles. The Bertz CT molecular complexity index is 416. The van der Waals surface area contributed by atoms with Crippen LogP contribution in [-0.2, 0) is 4.79 Å². The summed E-state index contributed by atoms with van der Waals surface area (Å²) >= 11 is 0. The molecule has 1 aromatic rings. The van der Waals surface area contributed by atoms with E-state index in [0.29, 0.717) is 11.3 Å². The van der Waals surface area contributed by atoms with Gasteiger partial charge in [0.15, 0.2) is 11.5 Å². The number of Topliss-reactive ketones (excluding diaryl/α,β-unsaturated/α-hetero) is 2. The Labute approximate surface area is 82.2 Å². The van der Waals surface area contributed by atoms with Crippen LogP contribution in [0.2, 0.25) is 0 Å². The van der Waals surface area contributed by atoms with E-state index in [-0.39, 0.29) is 18.0 Å². The minimum Gasteiger partial charge on any atom is -0.300 e. The van der Waals surface area contributed by atoms with E-state index in [0.717, 1.165) is 0 Å². The van der Waals surface area contributed by atoms with E-state index in [1.807, 2.05) is 0 Å². The maximum absolute atomic E-state index is 11.4. The predicted octanol–water partition coefficient (Wildman–Crippen LogP) is 2.40. The molecule has 0 radical (unpaired) electrons. The van der Waals surface area contributed by atoms with Gasteiger partial charge in [0.05, 0.1) is 13.0 Å². The fourth-order valence-corrected chi connectivity index (χ4v) is 1.08. The Morgan fingerprint density at radius 2 is 2.14 bits per heavy atom. The molecule has 0 amide bonds. The second-order valence-corrected chi connectivity index (χ2v) is 2.96. The molecule has 0 fully saturated rings. The highest BCUT2D eigenvalue weighted by Crippen LogP contribution is 2.15. The van der Waals surface area contributed by atoms with Crippen LogP contribution in [0.15, 0.2) is 24.3 Å². The Kier molecular flexibility index (Phi) is 3.14. The van der Waals surface area contributed by atoms with Crippen molar-refractivity contribution in [3.8, 4) is 0 Å². The molecule has 0 heterocycles. The van der Waals surface area contributed by atoms with Crippen molar-refractivity contribution in [1.82, 2.24) is 0 Å². The van der Waals surface area contributed by atoms with Crippen LogP contribution >= 0.6 is 0 Å².